The molecule has 4 rings (SSSR count). The van der Waals surface area contributed by atoms with Gasteiger partial charge in [-0.3, -0.25) is 4.21 Å². The second-order valence-corrected chi connectivity index (χ2v) is 9.67. The van der Waals surface area contributed by atoms with Gasteiger partial charge >= 0.3 is 0 Å². The fourth-order valence-electron chi connectivity index (χ4n) is 3.69. The minimum Gasteiger partial charge on any atom is -0.385 e. The van der Waals surface area contributed by atoms with Crippen LogP contribution < -0.4 is 0 Å². The molecule has 0 bridgehead atoms. The summed E-state index contributed by atoms with van der Waals surface area (Å²) in [6.07, 6.45) is 13.7. The summed E-state index contributed by atoms with van der Waals surface area (Å²) < 4.78 is 11.9. The molecule has 0 saturated heterocycles. The number of nitrogens with one attached hydrogen (secondary N) is 1. The molecule has 3 atom stereocenters. The van der Waals surface area contributed by atoms with Crippen molar-refractivity contribution in [2.45, 2.75) is 32.3 Å². The summed E-state index contributed by atoms with van der Waals surface area (Å²) in [6, 6.07) is 1.81. The van der Waals surface area contributed by atoms with Crippen LogP contribution in [0.4, 0.5) is 0 Å². The Kier molecular flexibility index (Phi) is 6.11. The second-order valence-electron chi connectivity index (χ2n) is 7.15. The number of imidazole rings is 1. The fourth-order valence-corrected chi connectivity index (χ4v) is 5.25. The van der Waals surface area contributed by atoms with Crippen LogP contribution in [0.15, 0.2) is 47.4 Å². The van der Waals surface area contributed by atoms with E-state index in [1.807, 2.05) is 37.3 Å². The lowest BCUT2D eigenvalue weighted by Crippen LogP contribution is -2.14. The number of nitrogens with zero attached hydrogens (tertiary/aromatic N) is 1. The lowest BCUT2D eigenvalue weighted by atomic mass is 9.94. The quantitative estimate of drug-likeness (QED) is 0.601. The van der Waals surface area contributed by atoms with Gasteiger partial charge in [0.2, 0.25) is 0 Å². The third-order valence-corrected chi connectivity index (χ3v) is 7.30. The third kappa shape index (κ3) is 4.02. The van der Waals surface area contributed by atoms with Crippen molar-refractivity contribution in [3.05, 3.63) is 68.9 Å². The number of halogens is 2. The summed E-state index contributed by atoms with van der Waals surface area (Å²) in [5.74, 6) is 0.887. The molecule has 3 unspecified atom stereocenters. The molecule has 2 aliphatic rings. The summed E-state index contributed by atoms with van der Waals surface area (Å²) in [4.78, 5) is 8.57. The van der Waals surface area contributed by atoms with Crippen LogP contribution in [0.5, 0.6) is 0 Å². The number of aromatic amines is 1. The molecule has 29 heavy (non-hydrogen) atoms. The lowest BCUT2D eigenvalue weighted by molar-refractivity contribution is 0.124. The maximum absolute atomic E-state index is 11.9. The van der Waals surface area contributed by atoms with Gasteiger partial charge in [0.25, 0.3) is 0 Å². The summed E-state index contributed by atoms with van der Waals surface area (Å²) in [7, 11) is -0.983. The predicted octanol–water partition coefficient (Wildman–Crippen LogP) is 5.87. The maximum Gasteiger partial charge on any atom is 0.136 e. The van der Waals surface area contributed by atoms with Crippen molar-refractivity contribution in [1.82, 2.24) is 9.97 Å². The van der Waals surface area contributed by atoms with Crippen molar-refractivity contribution in [1.29, 1.82) is 0 Å². The molecule has 4 nitrogen and oxygen atoms in total. The van der Waals surface area contributed by atoms with E-state index < -0.39 is 16.9 Å². The summed E-state index contributed by atoms with van der Waals surface area (Å²) >= 11 is 13.2. The largest absolute Gasteiger partial charge is 0.385 e. The van der Waals surface area contributed by atoms with Gasteiger partial charge in [0.1, 0.15) is 17.4 Å². The number of benzene rings is 1. The van der Waals surface area contributed by atoms with Gasteiger partial charge in [-0.2, -0.15) is 0 Å². The molecular formula is C22H22Cl2N2O2S. The van der Waals surface area contributed by atoms with E-state index in [2.05, 4.69) is 22.1 Å². The van der Waals surface area contributed by atoms with Gasteiger partial charge in [-0.1, -0.05) is 60.5 Å². The molecule has 1 heterocycles. The number of hydrogen-bond donors (Lipinski definition) is 2. The minimum absolute atomic E-state index is 0.147. The number of aliphatic hydroxyl groups excluding tert-OH is 1. The van der Waals surface area contributed by atoms with Crippen molar-refractivity contribution >= 4 is 50.6 Å². The smallest absolute Gasteiger partial charge is 0.136 e. The van der Waals surface area contributed by atoms with E-state index in [9.17, 15) is 9.32 Å². The Labute approximate surface area is 182 Å². The van der Waals surface area contributed by atoms with Gasteiger partial charge in [0.15, 0.2) is 0 Å². The number of H-pyrrole nitrogens is 1. The highest BCUT2D eigenvalue weighted by molar-refractivity contribution is 7.89. The standard InChI is InChI=1S/C22H22Cl2N2O2S/c1-2-29(28)15-10-8-14(9-11-15)21(27)22-25-17-12-16(23)18(19(24)20(17)26-22)13-6-4-3-5-7-13/h4,6-8,10-12,14,21,27H,2-3,5,9H2,1H3,(H,25,26). The normalized spacial score (nSPS) is 21.2. The molecule has 2 N–H and O–H groups in total. The molecule has 0 amide bonds. The molecule has 2 aliphatic carbocycles. The van der Waals surface area contributed by atoms with Gasteiger partial charge in [-0.15, -0.1) is 0 Å². The Morgan fingerprint density at radius 2 is 2.14 bits per heavy atom. The van der Waals surface area contributed by atoms with Crippen molar-refractivity contribution < 1.29 is 9.32 Å². The first-order valence-corrected chi connectivity index (χ1v) is 11.8. The van der Waals surface area contributed by atoms with Crippen molar-refractivity contribution in [3.63, 3.8) is 0 Å². The maximum atomic E-state index is 11.9. The Balaban J connectivity index is 1.64. The summed E-state index contributed by atoms with van der Waals surface area (Å²) in [6.45, 7) is 1.89. The molecule has 0 aliphatic heterocycles. The zero-order valence-corrected chi connectivity index (χ0v) is 18.3. The van der Waals surface area contributed by atoms with Crippen LogP contribution in [-0.2, 0) is 10.8 Å². The number of fused-ring (bicyclic) bond motifs is 1. The second kappa shape index (κ2) is 8.60. The average molecular weight is 449 g/mol. The zero-order valence-electron chi connectivity index (χ0n) is 16.0. The third-order valence-electron chi connectivity index (χ3n) is 5.28. The van der Waals surface area contributed by atoms with Crippen LogP contribution in [0, 0.1) is 5.92 Å². The first-order valence-electron chi connectivity index (χ1n) is 9.69. The minimum atomic E-state index is -0.983. The molecule has 0 fully saturated rings. The summed E-state index contributed by atoms with van der Waals surface area (Å²) in [5, 5.41) is 11.9. The molecule has 2 aromatic rings. The van der Waals surface area contributed by atoms with Crippen LogP contribution in [-0.4, -0.2) is 25.0 Å². The molecule has 1 aromatic heterocycles. The lowest BCUT2D eigenvalue weighted by Gasteiger charge is -2.20. The van der Waals surface area contributed by atoms with E-state index in [-0.39, 0.29) is 5.92 Å². The first-order chi connectivity index (χ1) is 14.0. The number of aliphatic hydroxyl groups is 1. The topological polar surface area (TPSA) is 66.0 Å². The molecular weight excluding hydrogens is 427 g/mol. The van der Waals surface area contributed by atoms with Crippen LogP contribution in [0.1, 0.15) is 43.7 Å². The first kappa shape index (κ1) is 20.6. The van der Waals surface area contributed by atoms with E-state index >= 15 is 0 Å². The van der Waals surface area contributed by atoms with E-state index in [0.717, 1.165) is 28.9 Å². The molecule has 7 heteroatoms. The molecule has 1 aromatic carbocycles. The monoisotopic (exact) mass is 448 g/mol. The molecule has 0 spiro atoms. The number of hydrogen-bond acceptors (Lipinski definition) is 3. The average Bonchev–Trinajstić information content (AvgIpc) is 3.18. The van der Waals surface area contributed by atoms with Gasteiger partial charge in [0, 0.05) is 22.1 Å². The highest BCUT2D eigenvalue weighted by Gasteiger charge is 2.25. The van der Waals surface area contributed by atoms with E-state index in [1.165, 1.54) is 0 Å². The van der Waals surface area contributed by atoms with Gasteiger partial charge < -0.3 is 10.1 Å². The van der Waals surface area contributed by atoms with Gasteiger partial charge in [-0.25, -0.2) is 4.98 Å². The molecule has 0 radical (unpaired) electrons. The van der Waals surface area contributed by atoms with E-state index in [4.69, 9.17) is 23.2 Å². The Morgan fingerprint density at radius 1 is 1.31 bits per heavy atom. The Hall–Kier alpha value is -1.66. The number of rotatable bonds is 5. The Bertz CT molecular complexity index is 1100. The molecule has 152 valence electrons. The Morgan fingerprint density at radius 3 is 2.79 bits per heavy atom. The SMILES string of the molecule is CCS(=O)C1=CCC(C(O)c2nc3c(Cl)c(C4=CCCC=C4)c(Cl)cc3[nH]2)C=C1. The van der Waals surface area contributed by atoms with E-state index in [0.29, 0.717) is 39.1 Å². The van der Waals surface area contributed by atoms with Crippen molar-refractivity contribution in [2.75, 3.05) is 5.75 Å². The number of aromatic nitrogens is 2. The highest BCUT2D eigenvalue weighted by atomic mass is 35.5. The number of allylic oxidation sites excluding steroid dienone is 6. The van der Waals surface area contributed by atoms with Crippen molar-refractivity contribution in [2.24, 2.45) is 5.92 Å². The van der Waals surface area contributed by atoms with Gasteiger partial charge in [0.05, 0.1) is 26.4 Å². The molecule has 0 saturated carbocycles. The van der Waals surface area contributed by atoms with Crippen LogP contribution in [0.2, 0.25) is 10.0 Å². The summed E-state index contributed by atoms with van der Waals surface area (Å²) in [5.41, 5.74) is 3.07. The van der Waals surface area contributed by atoms with E-state index in [1.54, 1.807) is 0 Å². The predicted molar refractivity (Wildman–Crippen MR) is 121 cm³/mol. The van der Waals surface area contributed by atoms with Crippen molar-refractivity contribution in [3.8, 4) is 0 Å². The highest BCUT2D eigenvalue weighted by Crippen LogP contribution is 2.39. The fraction of sp³-hybridized carbons (Fsp3) is 0.318. The van der Waals surface area contributed by atoms with Crippen LogP contribution in [0.25, 0.3) is 16.6 Å². The zero-order chi connectivity index (χ0) is 20.5. The van der Waals surface area contributed by atoms with Crippen LogP contribution in [0.3, 0.4) is 0 Å². The van der Waals surface area contributed by atoms with Gasteiger partial charge in [-0.05, 0) is 37.0 Å². The van der Waals surface area contributed by atoms with Crippen LogP contribution >= 0.6 is 23.2 Å².